The molecule has 0 aliphatic carbocycles. The summed E-state index contributed by atoms with van der Waals surface area (Å²) in [6.07, 6.45) is 3.25. The second-order valence-electron chi connectivity index (χ2n) is 8.84. The van der Waals surface area contributed by atoms with Crippen molar-refractivity contribution < 1.29 is 14.3 Å². The Morgan fingerprint density at radius 3 is 2.31 bits per heavy atom. The molecule has 0 saturated carbocycles. The number of likely N-dealkylation sites (tertiary alicyclic amines) is 1. The normalized spacial score (nSPS) is 15.4. The Balaban J connectivity index is 1.50. The molecule has 3 rings (SSSR count). The molecule has 1 fully saturated rings. The molecule has 2 aromatic rings. The van der Waals surface area contributed by atoms with Crippen molar-refractivity contribution in [2.75, 3.05) is 19.7 Å². The van der Waals surface area contributed by atoms with E-state index in [2.05, 4.69) is 19.2 Å². The molecule has 5 nitrogen and oxygen atoms in total. The zero-order valence-electron chi connectivity index (χ0n) is 18.9. The van der Waals surface area contributed by atoms with Crippen LogP contribution >= 0.6 is 11.6 Å². The van der Waals surface area contributed by atoms with Gasteiger partial charge in [0.1, 0.15) is 5.75 Å². The molecule has 6 heteroatoms. The van der Waals surface area contributed by atoms with Crippen molar-refractivity contribution in [3.05, 3.63) is 65.2 Å². The third-order valence-corrected chi connectivity index (χ3v) is 6.20. The highest BCUT2D eigenvalue weighted by atomic mass is 35.5. The number of amides is 2. The van der Waals surface area contributed by atoms with Crippen LogP contribution in [-0.2, 0) is 9.59 Å². The van der Waals surface area contributed by atoms with Crippen LogP contribution in [0.5, 0.6) is 5.75 Å². The van der Waals surface area contributed by atoms with Gasteiger partial charge in [0.2, 0.25) is 5.91 Å². The van der Waals surface area contributed by atoms with Gasteiger partial charge < -0.3 is 15.0 Å². The number of carbonyl (C=O) groups is 2. The zero-order chi connectivity index (χ0) is 22.9. The van der Waals surface area contributed by atoms with E-state index in [1.807, 2.05) is 54.6 Å². The van der Waals surface area contributed by atoms with E-state index in [9.17, 15) is 9.59 Å². The summed E-state index contributed by atoms with van der Waals surface area (Å²) in [5, 5.41) is 3.95. The van der Waals surface area contributed by atoms with Gasteiger partial charge in [-0.25, -0.2) is 0 Å². The minimum absolute atomic E-state index is 0.0225. The number of hydrogen-bond donors (Lipinski definition) is 1. The van der Waals surface area contributed by atoms with E-state index >= 15 is 0 Å². The molecule has 1 aliphatic heterocycles. The first kappa shape index (κ1) is 24.1. The molecule has 0 radical (unpaired) electrons. The lowest BCUT2D eigenvalue weighted by Gasteiger charge is -2.32. The van der Waals surface area contributed by atoms with Crippen molar-refractivity contribution in [2.45, 2.75) is 45.6 Å². The predicted octanol–water partition coefficient (Wildman–Crippen LogP) is 5.25. The zero-order valence-corrected chi connectivity index (χ0v) is 19.7. The second-order valence-corrected chi connectivity index (χ2v) is 9.28. The summed E-state index contributed by atoms with van der Waals surface area (Å²) in [5.41, 5.74) is 1.08. The van der Waals surface area contributed by atoms with Gasteiger partial charge in [-0.1, -0.05) is 55.8 Å². The molecule has 1 aliphatic rings. The van der Waals surface area contributed by atoms with Gasteiger partial charge in [0.25, 0.3) is 5.91 Å². The van der Waals surface area contributed by atoms with E-state index in [0.29, 0.717) is 42.6 Å². The van der Waals surface area contributed by atoms with Gasteiger partial charge in [0, 0.05) is 24.0 Å². The quantitative estimate of drug-likeness (QED) is 0.560. The lowest BCUT2D eigenvalue weighted by atomic mass is 9.93. The Labute approximate surface area is 196 Å². The van der Waals surface area contributed by atoms with Gasteiger partial charge in [-0.15, -0.1) is 0 Å². The third kappa shape index (κ3) is 7.27. The topological polar surface area (TPSA) is 58.6 Å². The number of rotatable bonds is 9. The van der Waals surface area contributed by atoms with Crippen LogP contribution in [0.15, 0.2) is 54.6 Å². The summed E-state index contributed by atoms with van der Waals surface area (Å²) in [7, 11) is 0. The number of ether oxygens (including phenoxy) is 1. The van der Waals surface area contributed by atoms with Gasteiger partial charge in [-0.2, -0.15) is 0 Å². The first-order valence-electron chi connectivity index (χ1n) is 11.4. The molecule has 0 bridgehead atoms. The SMILES string of the molecule is CC(C)CCC(NC(=O)C1CCN(C(=O)COc2ccccc2)CC1)c1ccc(Cl)cc1. The van der Waals surface area contributed by atoms with E-state index in [0.717, 1.165) is 18.4 Å². The Hall–Kier alpha value is -2.53. The molecule has 1 saturated heterocycles. The standard InChI is InChI=1S/C26H33ClN2O3/c1-19(2)8-13-24(20-9-11-22(27)12-10-20)28-26(31)21-14-16-29(17-15-21)25(30)18-32-23-6-4-3-5-7-23/h3-7,9-12,19,21,24H,8,13-18H2,1-2H3,(H,28,31). The number of para-hydroxylation sites is 1. The fraction of sp³-hybridized carbons (Fsp3) is 0.462. The fourth-order valence-corrected chi connectivity index (χ4v) is 4.08. The van der Waals surface area contributed by atoms with Gasteiger partial charge >= 0.3 is 0 Å². The summed E-state index contributed by atoms with van der Waals surface area (Å²) in [6, 6.07) is 17.0. The number of carbonyl (C=O) groups excluding carboxylic acids is 2. The number of nitrogens with zero attached hydrogens (tertiary/aromatic N) is 1. The van der Waals surface area contributed by atoms with Crippen molar-refractivity contribution >= 4 is 23.4 Å². The molecule has 172 valence electrons. The highest BCUT2D eigenvalue weighted by Gasteiger charge is 2.29. The molecule has 1 N–H and O–H groups in total. The number of benzene rings is 2. The van der Waals surface area contributed by atoms with Crippen molar-refractivity contribution in [1.82, 2.24) is 10.2 Å². The smallest absolute Gasteiger partial charge is 0.260 e. The molecule has 32 heavy (non-hydrogen) atoms. The number of hydrogen-bond acceptors (Lipinski definition) is 3. The van der Waals surface area contributed by atoms with Crippen LogP contribution in [0.2, 0.25) is 5.02 Å². The number of piperidine rings is 1. The summed E-state index contributed by atoms with van der Waals surface area (Å²) >= 11 is 6.04. The molecule has 2 amide bonds. The van der Waals surface area contributed by atoms with Crippen molar-refractivity contribution in [3.63, 3.8) is 0 Å². The third-order valence-electron chi connectivity index (χ3n) is 5.95. The number of nitrogens with one attached hydrogen (secondary N) is 1. The summed E-state index contributed by atoms with van der Waals surface area (Å²) < 4.78 is 5.57. The monoisotopic (exact) mass is 456 g/mol. The van der Waals surface area contributed by atoms with E-state index in [-0.39, 0.29) is 30.4 Å². The average Bonchev–Trinajstić information content (AvgIpc) is 2.81. The van der Waals surface area contributed by atoms with Crippen LogP contribution < -0.4 is 10.1 Å². The average molecular weight is 457 g/mol. The van der Waals surface area contributed by atoms with Gasteiger partial charge in [-0.05, 0) is 61.4 Å². The van der Waals surface area contributed by atoms with Gasteiger partial charge in [0.05, 0.1) is 6.04 Å². The highest BCUT2D eigenvalue weighted by Crippen LogP contribution is 2.25. The maximum atomic E-state index is 13.0. The van der Waals surface area contributed by atoms with Crippen molar-refractivity contribution in [1.29, 1.82) is 0 Å². The Kier molecular flexibility index (Phi) is 8.98. The maximum Gasteiger partial charge on any atom is 0.260 e. The lowest BCUT2D eigenvalue weighted by Crippen LogP contribution is -2.45. The van der Waals surface area contributed by atoms with Crippen molar-refractivity contribution in [2.24, 2.45) is 11.8 Å². The molecule has 1 unspecified atom stereocenters. The largest absolute Gasteiger partial charge is 0.484 e. The van der Waals surface area contributed by atoms with Gasteiger partial charge in [0.15, 0.2) is 6.61 Å². The van der Waals surface area contributed by atoms with Crippen LogP contribution in [0.4, 0.5) is 0 Å². The molecule has 1 atom stereocenters. The Morgan fingerprint density at radius 2 is 1.69 bits per heavy atom. The van der Waals surface area contributed by atoms with E-state index in [1.165, 1.54) is 0 Å². The van der Waals surface area contributed by atoms with Crippen LogP contribution in [-0.4, -0.2) is 36.4 Å². The second kappa shape index (κ2) is 11.9. The van der Waals surface area contributed by atoms with E-state index in [4.69, 9.17) is 16.3 Å². The molecular weight excluding hydrogens is 424 g/mol. The first-order chi connectivity index (χ1) is 15.4. The Bertz CT molecular complexity index is 862. The molecular formula is C26H33ClN2O3. The summed E-state index contributed by atoms with van der Waals surface area (Å²) in [6.45, 7) is 5.55. The van der Waals surface area contributed by atoms with Crippen LogP contribution in [0.1, 0.15) is 51.1 Å². The highest BCUT2D eigenvalue weighted by molar-refractivity contribution is 6.30. The van der Waals surface area contributed by atoms with Crippen LogP contribution in [0, 0.1) is 11.8 Å². The Morgan fingerprint density at radius 1 is 1.03 bits per heavy atom. The van der Waals surface area contributed by atoms with Crippen LogP contribution in [0.25, 0.3) is 0 Å². The minimum Gasteiger partial charge on any atom is -0.484 e. The number of halogens is 1. The minimum atomic E-state index is -0.0806. The fourth-order valence-electron chi connectivity index (χ4n) is 3.95. The molecule has 0 aromatic heterocycles. The molecule has 1 heterocycles. The van der Waals surface area contributed by atoms with Crippen LogP contribution in [0.3, 0.4) is 0 Å². The summed E-state index contributed by atoms with van der Waals surface area (Å²) in [5.74, 6) is 1.20. The molecule has 0 spiro atoms. The van der Waals surface area contributed by atoms with Crippen molar-refractivity contribution in [3.8, 4) is 5.75 Å². The maximum absolute atomic E-state index is 13.0. The molecule has 2 aromatic carbocycles. The summed E-state index contributed by atoms with van der Waals surface area (Å²) in [4.78, 5) is 27.3. The first-order valence-corrected chi connectivity index (χ1v) is 11.8. The van der Waals surface area contributed by atoms with E-state index < -0.39 is 0 Å². The predicted molar refractivity (Wildman–Crippen MR) is 128 cm³/mol. The van der Waals surface area contributed by atoms with Gasteiger partial charge in [-0.3, -0.25) is 9.59 Å². The lowest BCUT2D eigenvalue weighted by molar-refractivity contribution is -0.137. The van der Waals surface area contributed by atoms with E-state index in [1.54, 1.807) is 4.90 Å².